The summed E-state index contributed by atoms with van der Waals surface area (Å²) >= 11 is 0. The molecule has 0 saturated heterocycles. The van der Waals surface area contributed by atoms with E-state index in [1.54, 1.807) is 12.1 Å². The van der Waals surface area contributed by atoms with Gasteiger partial charge in [-0.05, 0) is 42.0 Å². The van der Waals surface area contributed by atoms with Crippen molar-refractivity contribution in [1.29, 1.82) is 0 Å². The number of carbonyl (C=O) groups is 2. The van der Waals surface area contributed by atoms with Gasteiger partial charge in [0.1, 0.15) is 18.1 Å². The van der Waals surface area contributed by atoms with Gasteiger partial charge in [-0.2, -0.15) is 5.10 Å². The second-order valence-electron chi connectivity index (χ2n) is 4.70. The van der Waals surface area contributed by atoms with E-state index >= 15 is 0 Å². The van der Waals surface area contributed by atoms with Crippen LogP contribution < -0.4 is 16.1 Å². The fourth-order valence-corrected chi connectivity index (χ4v) is 1.69. The molecular weight excluding hydrogens is 315 g/mol. The first-order valence-electron chi connectivity index (χ1n) is 6.94. The zero-order valence-corrected chi connectivity index (χ0v) is 12.5. The Labute approximate surface area is 137 Å². The third kappa shape index (κ3) is 5.76. The predicted molar refractivity (Wildman–Crippen MR) is 87.3 cm³/mol. The van der Waals surface area contributed by atoms with E-state index in [1.165, 1.54) is 42.6 Å². The van der Waals surface area contributed by atoms with E-state index in [-0.39, 0.29) is 12.3 Å². The summed E-state index contributed by atoms with van der Waals surface area (Å²) in [5.41, 5.74) is 3.24. The van der Waals surface area contributed by atoms with Crippen molar-refractivity contribution in [3.63, 3.8) is 0 Å². The number of rotatable bonds is 5. The molecule has 4 N–H and O–H groups in total. The van der Waals surface area contributed by atoms with Crippen LogP contribution in [0.4, 0.5) is 14.9 Å². The van der Waals surface area contributed by atoms with Crippen molar-refractivity contribution >= 4 is 23.8 Å². The van der Waals surface area contributed by atoms with Crippen LogP contribution in [0.2, 0.25) is 0 Å². The molecule has 0 spiro atoms. The second kappa shape index (κ2) is 8.28. The Kier molecular flexibility index (Phi) is 5.84. The highest BCUT2D eigenvalue weighted by molar-refractivity contribution is 5.92. The first-order chi connectivity index (χ1) is 11.5. The van der Waals surface area contributed by atoms with Crippen molar-refractivity contribution in [2.24, 2.45) is 5.10 Å². The zero-order chi connectivity index (χ0) is 17.4. The lowest BCUT2D eigenvalue weighted by atomic mass is 10.2. The summed E-state index contributed by atoms with van der Waals surface area (Å²) in [5, 5.41) is 17.8. The number of carbonyl (C=O) groups excluding carboxylic acids is 2. The molecule has 0 heterocycles. The summed E-state index contributed by atoms with van der Waals surface area (Å²) in [6.45, 7) is -0.287. The summed E-state index contributed by atoms with van der Waals surface area (Å²) in [4.78, 5) is 23.1. The Morgan fingerprint density at radius 1 is 1.17 bits per heavy atom. The number of anilines is 1. The van der Waals surface area contributed by atoms with Crippen LogP contribution in [-0.2, 0) is 4.79 Å². The van der Waals surface area contributed by atoms with Gasteiger partial charge in [-0.25, -0.2) is 14.6 Å². The molecule has 0 unspecified atom stereocenters. The molecular formula is C16H15FN4O3. The molecule has 8 heteroatoms. The highest BCUT2D eigenvalue weighted by Gasteiger charge is 2.05. The van der Waals surface area contributed by atoms with Gasteiger partial charge in [0.25, 0.3) is 5.91 Å². The van der Waals surface area contributed by atoms with E-state index in [0.717, 1.165) is 0 Å². The van der Waals surface area contributed by atoms with E-state index in [2.05, 4.69) is 21.2 Å². The Balaban J connectivity index is 1.72. The first-order valence-corrected chi connectivity index (χ1v) is 6.94. The highest BCUT2D eigenvalue weighted by Crippen LogP contribution is 2.08. The second-order valence-corrected chi connectivity index (χ2v) is 4.70. The molecule has 0 fully saturated rings. The van der Waals surface area contributed by atoms with Crippen LogP contribution in [0.5, 0.6) is 5.75 Å². The minimum absolute atomic E-state index is 0.0874. The molecule has 0 radical (unpaired) electrons. The average molecular weight is 330 g/mol. The summed E-state index contributed by atoms with van der Waals surface area (Å²) in [6.07, 6.45) is 1.36. The summed E-state index contributed by atoms with van der Waals surface area (Å²) in [6, 6.07) is 10.9. The van der Waals surface area contributed by atoms with Gasteiger partial charge in [0.15, 0.2) is 0 Å². The maximum atomic E-state index is 12.7. The van der Waals surface area contributed by atoms with Gasteiger partial charge in [0, 0.05) is 5.69 Å². The van der Waals surface area contributed by atoms with Crippen molar-refractivity contribution in [2.45, 2.75) is 0 Å². The smallest absolute Gasteiger partial charge is 0.319 e. The Bertz CT molecular complexity index is 747. The number of urea groups is 1. The number of nitrogens with zero attached hydrogens (tertiary/aromatic N) is 1. The standard InChI is InChI=1S/C16H15FN4O3/c17-12-4-6-13(7-5-12)20-16(24)18-10-15(23)21-19-9-11-2-1-3-14(22)8-11/h1-9,22H,10H2,(H,21,23)(H2,18,20,24). The molecule has 2 rings (SSSR count). The van der Waals surface area contributed by atoms with Crippen LogP contribution in [0.1, 0.15) is 5.56 Å². The van der Waals surface area contributed by atoms with Gasteiger partial charge in [-0.3, -0.25) is 4.79 Å². The lowest BCUT2D eigenvalue weighted by Gasteiger charge is -2.06. The van der Waals surface area contributed by atoms with Crippen LogP contribution >= 0.6 is 0 Å². The molecule has 0 aliphatic heterocycles. The number of nitrogens with one attached hydrogen (secondary N) is 3. The SMILES string of the molecule is O=C(CNC(=O)Nc1ccc(F)cc1)NN=Cc1cccc(O)c1. The molecule has 0 aliphatic rings. The summed E-state index contributed by atoms with van der Waals surface area (Å²) in [7, 11) is 0. The molecule has 0 bridgehead atoms. The molecule has 2 aromatic rings. The third-order valence-corrected chi connectivity index (χ3v) is 2.78. The highest BCUT2D eigenvalue weighted by atomic mass is 19.1. The van der Waals surface area contributed by atoms with Crippen LogP contribution in [0.15, 0.2) is 53.6 Å². The molecule has 0 aliphatic carbocycles. The fraction of sp³-hybridized carbons (Fsp3) is 0.0625. The van der Waals surface area contributed by atoms with Gasteiger partial charge in [-0.15, -0.1) is 0 Å². The molecule has 0 aromatic heterocycles. The van der Waals surface area contributed by atoms with Crippen LogP contribution in [0.25, 0.3) is 0 Å². The first kappa shape index (κ1) is 16.9. The van der Waals surface area contributed by atoms with E-state index in [4.69, 9.17) is 0 Å². The van der Waals surface area contributed by atoms with Crippen LogP contribution in [0, 0.1) is 5.82 Å². The van der Waals surface area contributed by atoms with Crippen LogP contribution in [0.3, 0.4) is 0 Å². The van der Waals surface area contributed by atoms with Gasteiger partial charge in [0.05, 0.1) is 6.21 Å². The molecule has 2 aromatic carbocycles. The molecule has 3 amide bonds. The van der Waals surface area contributed by atoms with Crippen molar-refractivity contribution in [3.05, 3.63) is 59.9 Å². The Morgan fingerprint density at radius 2 is 1.92 bits per heavy atom. The number of hydrogen-bond acceptors (Lipinski definition) is 4. The van der Waals surface area contributed by atoms with Gasteiger partial charge in [0.2, 0.25) is 0 Å². The molecule has 0 saturated carbocycles. The minimum Gasteiger partial charge on any atom is -0.508 e. The minimum atomic E-state index is -0.603. The largest absolute Gasteiger partial charge is 0.508 e. The number of halogens is 1. The summed E-state index contributed by atoms with van der Waals surface area (Å²) in [5.74, 6) is -0.852. The quantitative estimate of drug-likeness (QED) is 0.496. The number of hydrazone groups is 1. The number of phenols is 1. The van der Waals surface area contributed by atoms with Crippen molar-refractivity contribution in [2.75, 3.05) is 11.9 Å². The number of amides is 3. The average Bonchev–Trinajstić information content (AvgIpc) is 2.55. The number of hydrogen-bond donors (Lipinski definition) is 4. The maximum Gasteiger partial charge on any atom is 0.319 e. The van der Waals surface area contributed by atoms with Crippen LogP contribution in [-0.4, -0.2) is 29.8 Å². The van der Waals surface area contributed by atoms with Crippen molar-refractivity contribution in [3.8, 4) is 5.75 Å². The molecule has 7 nitrogen and oxygen atoms in total. The zero-order valence-electron chi connectivity index (χ0n) is 12.5. The third-order valence-electron chi connectivity index (χ3n) is 2.78. The number of benzene rings is 2. The topological polar surface area (TPSA) is 103 Å². The van der Waals surface area contributed by atoms with Gasteiger partial charge >= 0.3 is 6.03 Å². The monoisotopic (exact) mass is 330 g/mol. The van der Waals surface area contributed by atoms with E-state index < -0.39 is 17.8 Å². The van der Waals surface area contributed by atoms with Gasteiger partial charge in [-0.1, -0.05) is 12.1 Å². The molecule has 124 valence electrons. The van der Waals surface area contributed by atoms with E-state index in [9.17, 15) is 19.1 Å². The van der Waals surface area contributed by atoms with Crippen molar-refractivity contribution in [1.82, 2.24) is 10.7 Å². The van der Waals surface area contributed by atoms with E-state index in [1.807, 2.05) is 0 Å². The number of aromatic hydroxyl groups is 1. The maximum absolute atomic E-state index is 12.7. The molecule has 0 atom stereocenters. The normalized spacial score (nSPS) is 10.4. The lowest BCUT2D eigenvalue weighted by Crippen LogP contribution is -2.37. The predicted octanol–water partition coefficient (Wildman–Crippen LogP) is 1.80. The van der Waals surface area contributed by atoms with Gasteiger partial charge < -0.3 is 15.7 Å². The Hall–Kier alpha value is -3.42. The van der Waals surface area contributed by atoms with Crippen molar-refractivity contribution < 1.29 is 19.1 Å². The van der Waals surface area contributed by atoms with E-state index in [0.29, 0.717) is 11.3 Å². The summed E-state index contributed by atoms with van der Waals surface area (Å²) < 4.78 is 12.7. The lowest BCUT2D eigenvalue weighted by molar-refractivity contribution is -0.120. The number of phenolic OH excluding ortho intramolecular Hbond substituents is 1. The Morgan fingerprint density at radius 3 is 2.62 bits per heavy atom. The fourth-order valence-electron chi connectivity index (χ4n) is 1.69. The molecule has 24 heavy (non-hydrogen) atoms.